The van der Waals surface area contributed by atoms with Gasteiger partial charge in [0.05, 0.1) is 0 Å². The van der Waals surface area contributed by atoms with Crippen LogP contribution in [0.15, 0.2) is 12.2 Å². The van der Waals surface area contributed by atoms with E-state index in [0.717, 1.165) is 19.3 Å². The zero-order chi connectivity index (χ0) is 16.1. The van der Waals surface area contributed by atoms with Crippen LogP contribution in [0.4, 0.5) is 0 Å². The molecule has 0 amide bonds. The summed E-state index contributed by atoms with van der Waals surface area (Å²) >= 11 is 0. The summed E-state index contributed by atoms with van der Waals surface area (Å²) < 4.78 is 22.6. The molecule has 0 radical (unpaired) electrons. The molecule has 7 atom stereocenters. The van der Waals surface area contributed by atoms with E-state index in [9.17, 15) is 4.79 Å². The standard InChI is InChI=1S/C17H26O5/c1-9-6-13-11(10(2)15(18)21-13)8-17(3)12(9)7-14(19-4)22-16(17)20-5/h9,11-14,16H,2,6-8H2,1,3-5H3/t9-,11-,12+,13-,14+,16-,17+/m0/s1. The van der Waals surface area contributed by atoms with Gasteiger partial charge in [-0.25, -0.2) is 4.79 Å². The summed E-state index contributed by atoms with van der Waals surface area (Å²) in [4.78, 5) is 11.9. The summed E-state index contributed by atoms with van der Waals surface area (Å²) in [7, 11) is 3.34. The number of rotatable bonds is 2. The van der Waals surface area contributed by atoms with Crippen LogP contribution in [0, 0.1) is 23.2 Å². The Hall–Kier alpha value is -0.910. The highest BCUT2D eigenvalue weighted by molar-refractivity contribution is 5.90. The summed E-state index contributed by atoms with van der Waals surface area (Å²) in [5, 5.41) is 0. The molecule has 0 bridgehead atoms. The van der Waals surface area contributed by atoms with E-state index in [1.54, 1.807) is 14.2 Å². The largest absolute Gasteiger partial charge is 0.458 e. The molecule has 0 aromatic heterocycles. The Morgan fingerprint density at radius 2 is 2.00 bits per heavy atom. The molecule has 0 N–H and O–H groups in total. The van der Waals surface area contributed by atoms with Gasteiger partial charge in [-0.2, -0.15) is 0 Å². The molecule has 5 heteroatoms. The van der Waals surface area contributed by atoms with Gasteiger partial charge in [-0.3, -0.25) is 0 Å². The summed E-state index contributed by atoms with van der Waals surface area (Å²) in [6, 6.07) is 0. The third-order valence-corrected chi connectivity index (χ3v) is 5.95. The molecule has 22 heavy (non-hydrogen) atoms. The molecule has 3 rings (SSSR count). The van der Waals surface area contributed by atoms with Crippen LogP contribution in [0.2, 0.25) is 0 Å². The van der Waals surface area contributed by atoms with Crippen LogP contribution in [0.3, 0.4) is 0 Å². The minimum atomic E-state index is -0.346. The lowest BCUT2D eigenvalue weighted by Gasteiger charge is -2.50. The topological polar surface area (TPSA) is 54.0 Å². The zero-order valence-corrected chi connectivity index (χ0v) is 13.8. The zero-order valence-electron chi connectivity index (χ0n) is 13.8. The Kier molecular flexibility index (Phi) is 4.08. The molecule has 5 nitrogen and oxygen atoms in total. The van der Waals surface area contributed by atoms with Gasteiger partial charge < -0.3 is 18.9 Å². The van der Waals surface area contributed by atoms with Crippen LogP contribution in [0.5, 0.6) is 0 Å². The molecule has 0 aromatic rings. The lowest BCUT2D eigenvalue weighted by atomic mass is 9.65. The molecule has 1 saturated carbocycles. The summed E-state index contributed by atoms with van der Waals surface area (Å²) in [6.07, 6.45) is 1.86. The van der Waals surface area contributed by atoms with Crippen molar-refractivity contribution in [2.75, 3.05) is 14.2 Å². The third kappa shape index (κ3) is 2.30. The average Bonchev–Trinajstić information content (AvgIpc) is 2.68. The second-order valence-corrected chi connectivity index (χ2v) is 7.21. The predicted octanol–water partition coefficient (Wildman–Crippen LogP) is 2.50. The van der Waals surface area contributed by atoms with Gasteiger partial charge >= 0.3 is 5.97 Å². The molecular weight excluding hydrogens is 284 g/mol. The Morgan fingerprint density at radius 3 is 2.64 bits per heavy atom. The highest BCUT2D eigenvalue weighted by Gasteiger charge is 2.57. The molecule has 2 saturated heterocycles. The van der Waals surface area contributed by atoms with Crippen molar-refractivity contribution < 1.29 is 23.7 Å². The summed E-state index contributed by atoms with van der Waals surface area (Å²) in [6.45, 7) is 8.38. The van der Waals surface area contributed by atoms with Crippen LogP contribution >= 0.6 is 0 Å². The second kappa shape index (κ2) is 5.62. The lowest BCUT2D eigenvalue weighted by Crippen LogP contribution is -2.52. The van der Waals surface area contributed by atoms with E-state index in [4.69, 9.17) is 18.9 Å². The van der Waals surface area contributed by atoms with Crippen molar-refractivity contribution in [3.8, 4) is 0 Å². The maximum absolute atomic E-state index is 11.9. The van der Waals surface area contributed by atoms with Crippen LogP contribution in [0.1, 0.15) is 33.1 Å². The van der Waals surface area contributed by atoms with Crippen LogP contribution in [-0.4, -0.2) is 38.9 Å². The first-order valence-electron chi connectivity index (χ1n) is 8.01. The summed E-state index contributed by atoms with van der Waals surface area (Å²) in [5.74, 6) is 0.612. The molecule has 3 aliphatic rings. The van der Waals surface area contributed by atoms with Gasteiger partial charge in [-0.05, 0) is 24.7 Å². The molecule has 0 spiro atoms. The maximum Gasteiger partial charge on any atom is 0.334 e. The molecule has 2 heterocycles. The lowest BCUT2D eigenvalue weighted by molar-refractivity contribution is -0.318. The number of ether oxygens (including phenoxy) is 4. The first-order valence-corrected chi connectivity index (χ1v) is 8.01. The number of methoxy groups -OCH3 is 2. The van der Waals surface area contributed by atoms with E-state index >= 15 is 0 Å². The number of hydrogen-bond donors (Lipinski definition) is 0. The van der Waals surface area contributed by atoms with Crippen molar-refractivity contribution in [1.29, 1.82) is 0 Å². The Morgan fingerprint density at radius 1 is 1.27 bits per heavy atom. The quantitative estimate of drug-likeness (QED) is 0.579. The van der Waals surface area contributed by atoms with Crippen molar-refractivity contribution >= 4 is 5.97 Å². The predicted molar refractivity (Wildman–Crippen MR) is 79.8 cm³/mol. The SMILES string of the molecule is C=C1C(=O)O[C@H]2C[C@H](C)[C@H]3C[C@H](OC)O[C@H](OC)[C@]3(C)C[C@@H]12. The molecule has 0 unspecified atom stereocenters. The summed E-state index contributed by atoms with van der Waals surface area (Å²) in [5.41, 5.74) is 0.419. The van der Waals surface area contributed by atoms with Gasteiger partial charge in [0.2, 0.25) is 0 Å². The number of hydrogen-bond acceptors (Lipinski definition) is 5. The molecule has 124 valence electrons. The Bertz CT molecular complexity index is 476. The fourth-order valence-corrected chi connectivity index (χ4v) is 4.75. The van der Waals surface area contributed by atoms with Crippen LogP contribution in [0.25, 0.3) is 0 Å². The number of fused-ring (bicyclic) bond motifs is 2. The van der Waals surface area contributed by atoms with Crippen molar-refractivity contribution in [1.82, 2.24) is 0 Å². The fourth-order valence-electron chi connectivity index (χ4n) is 4.75. The minimum Gasteiger partial charge on any atom is -0.458 e. The van der Waals surface area contributed by atoms with Crippen molar-refractivity contribution in [3.63, 3.8) is 0 Å². The molecular formula is C17H26O5. The van der Waals surface area contributed by atoms with Crippen LogP contribution < -0.4 is 0 Å². The van der Waals surface area contributed by atoms with Gasteiger partial charge in [-0.1, -0.05) is 20.4 Å². The van der Waals surface area contributed by atoms with E-state index in [1.165, 1.54) is 0 Å². The minimum absolute atomic E-state index is 0.0593. The molecule has 1 aliphatic carbocycles. The average molecular weight is 310 g/mol. The van der Waals surface area contributed by atoms with Crippen LogP contribution in [-0.2, 0) is 23.7 Å². The van der Waals surface area contributed by atoms with Crippen molar-refractivity contribution in [3.05, 3.63) is 12.2 Å². The van der Waals surface area contributed by atoms with Gasteiger partial charge in [0, 0.05) is 37.5 Å². The van der Waals surface area contributed by atoms with E-state index in [2.05, 4.69) is 20.4 Å². The van der Waals surface area contributed by atoms with Crippen molar-refractivity contribution in [2.24, 2.45) is 23.2 Å². The van der Waals surface area contributed by atoms with Gasteiger partial charge in [0.25, 0.3) is 0 Å². The van der Waals surface area contributed by atoms with Gasteiger partial charge in [-0.15, -0.1) is 0 Å². The monoisotopic (exact) mass is 310 g/mol. The second-order valence-electron chi connectivity index (χ2n) is 7.21. The normalized spacial score (nSPS) is 48.4. The number of carbonyl (C=O) groups excluding carboxylic acids is 1. The maximum atomic E-state index is 11.9. The number of esters is 1. The number of carbonyl (C=O) groups is 1. The van der Waals surface area contributed by atoms with Gasteiger partial charge in [0.1, 0.15) is 6.10 Å². The Balaban J connectivity index is 1.95. The van der Waals surface area contributed by atoms with E-state index in [-0.39, 0.29) is 36.0 Å². The Labute approximate surface area is 131 Å². The fraction of sp³-hybridized carbons (Fsp3) is 0.824. The molecule has 0 aromatic carbocycles. The van der Waals surface area contributed by atoms with Gasteiger partial charge in [0.15, 0.2) is 12.6 Å². The first-order chi connectivity index (χ1) is 10.4. The molecule has 3 fully saturated rings. The van der Waals surface area contributed by atoms with E-state index in [0.29, 0.717) is 17.4 Å². The van der Waals surface area contributed by atoms with Crippen molar-refractivity contribution in [2.45, 2.75) is 51.8 Å². The third-order valence-electron chi connectivity index (χ3n) is 5.95. The highest BCUT2D eigenvalue weighted by Crippen LogP contribution is 2.55. The smallest absolute Gasteiger partial charge is 0.334 e. The molecule has 2 aliphatic heterocycles. The van der Waals surface area contributed by atoms with E-state index < -0.39 is 0 Å². The first kappa shape index (κ1) is 16.0. The highest BCUT2D eigenvalue weighted by atomic mass is 16.8. The van der Waals surface area contributed by atoms with E-state index in [1.807, 2.05) is 0 Å².